The molecule has 0 bridgehead atoms. The molecule has 0 atom stereocenters. The number of rotatable bonds is 8. The molecule has 0 fully saturated rings. The van der Waals surface area contributed by atoms with Gasteiger partial charge in [0.2, 0.25) is 0 Å². The number of methoxy groups -OCH3 is 1. The molecule has 1 aromatic heterocycles. The zero-order chi connectivity index (χ0) is 19.8. The van der Waals surface area contributed by atoms with E-state index in [0.29, 0.717) is 30.4 Å². The third-order valence-corrected chi connectivity index (χ3v) is 3.77. The van der Waals surface area contributed by atoms with Crippen LogP contribution in [-0.4, -0.2) is 52.9 Å². The summed E-state index contributed by atoms with van der Waals surface area (Å²) in [6.07, 6.45) is 1.48. The summed E-state index contributed by atoms with van der Waals surface area (Å²) >= 11 is 0. The first kappa shape index (κ1) is 23.9. The molecule has 0 aliphatic heterocycles. The van der Waals surface area contributed by atoms with E-state index in [0.717, 1.165) is 5.82 Å². The number of benzene rings is 1. The van der Waals surface area contributed by atoms with E-state index >= 15 is 0 Å². The average molecular weight is 510 g/mol. The van der Waals surface area contributed by atoms with Crippen molar-refractivity contribution in [1.82, 2.24) is 25.0 Å². The lowest BCUT2D eigenvalue weighted by atomic mass is 10.2. The number of guanidine groups is 1. The van der Waals surface area contributed by atoms with Crippen LogP contribution in [0.15, 0.2) is 29.5 Å². The van der Waals surface area contributed by atoms with Gasteiger partial charge in [0.05, 0.1) is 20.2 Å². The Hall–Kier alpha value is -2.18. The first-order chi connectivity index (χ1) is 12.9. The van der Waals surface area contributed by atoms with Crippen LogP contribution in [0.1, 0.15) is 18.3 Å². The molecule has 1 aromatic carbocycles. The Kier molecular flexibility index (Phi) is 9.90. The Labute approximate surface area is 180 Å². The number of aliphatic imine (C=N–C) groups is 1. The van der Waals surface area contributed by atoms with Crippen molar-refractivity contribution in [3.63, 3.8) is 0 Å². The molecule has 0 saturated heterocycles. The minimum absolute atomic E-state index is 0. The lowest BCUT2D eigenvalue weighted by Crippen LogP contribution is -2.39. The number of ether oxygens (including phenoxy) is 2. The highest BCUT2D eigenvalue weighted by Crippen LogP contribution is 2.27. The zero-order valence-corrected chi connectivity index (χ0v) is 18.6. The highest BCUT2D eigenvalue weighted by Gasteiger charge is 2.13. The van der Waals surface area contributed by atoms with Crippen LogP contribution in [0.25, 0.3) is 0 Å². The summed E-state index contributed by atoms with van der Waals surface area (Å²) in [5, 5.41) is 7.22. The molecule has 156 valence electrons. The van der Waals surface area contributed by atoms with Crippen molar-refractivity contribution in [2.24, 2.45) is 12.0 Å². The van der Waals surface area contributed by atoms with Gasteiger partial charge < -0.3 is 19.7 Å². The molecule has 1 N–H and O–H groups in total. The normalized spacial score (nSPS) is 11.2. The standard InChI is InChI=1S/C17H24F2N6O2.HI/c1-5-20-17(24(2)10-15-22-11-23-25(15)3)21-9-12-6-7-13(26-4)8-14(12)27-16(18)19;/h6-8,11,16H,5,9-10H2,1-4H3,(H,20,21);1H. The number of nitrogens with one attached hydrogen (secondary N) is 1. The van der Waals surface area contributed by atoms with Gasteiger partial charge in [-0.1, -0.05) is 0 Å². The summed E-state index contributed by atoms with van der Waals surface area (Å²) < 4.78 is 36.7. The summed E-state index contributed by atoms with van der Waals surface area (Å²) in [5.41, 5.74) is 0.526. The number of aromatic nitrogens is 3. The number of hydrogen-bond acceptors (Lipinski definition) is 5. The number of aryl methyl sites for hydroxylation is 1. The van der Waals surface area contributed by atoms with E-state index in [4.69, 9.17) is 4.74 Å². The number of alkyl halides is 2. The predicted octanol–water partition coefficient (Wildman–Crippen LogP) is 2.64. The van der Waals surface area contributed by atoms with E-state index in [1.165, 1.54) is 19.5 Å². The van der Waals surface area contributed by atoms with E-state index in [9.17, 15) is 8.78 Å². The van der Waals surface area contributed by atoms with Crippen LogP contribution in [0.3, 0.4) is 0 Å². The molecule has 2 rings (SSSR count). The van der Waals surface area contributed by atoms with Crippen molar-refractivity contribution >= 4 is 29.9 Å². The van der Waals surface area contributed by atoms with Crippen LogP contribution in [0.4, 0.5) is 8.78 Å². The molecular weight excluding hydrogens is 485 g/mol. The van der Waals surface area contributed by atoms with Crippen molar-refractivity contribution in [2.75, 3.05) is 20.7 Å². The smallest absolute Gasteiger partial charge is 0.387 e. The highest BCUT2D eigenvalue weighted by atomic mass is 127. The Morgan fingerprint density at radius 2 is 2.14 bits per heavy atom. The van der Waals surface area contributed by atoms with Gasteiger partial charge in [-0.05, 0) is 19.1 Å². The van der Waals surface area contributed by atoms with Gasteiger partial charge >= 0.3 is 6.61 Å². The van der Waals surface area contributed by atoms with E-state index in [1.807, 2.05) is 25.9 Å². The first-order valence-electron chi connectivity index (χ1n) is 8.38. The lowest BCUT2D eigenvalue weighted by molar-refractivity contribution is -0.0505. The molecule has 28 heavy (non-hydrogen) atoms. The van der Waals surface area contributed by atoms with Crippen LogP contribution in [-0.2, 0) is 20.1 Å². The number of halogens is 3. The van der Waals surface area contributed by atoms with E-state index < -0.39 is 6.61 Å². The van der Waals surface area contributed by atoms with Gasteiger partial charge in [-0.3, -0.25) is 4.68 Å². The average Bonchev–Trinajstić information content (AvgIpc) is 3.03. The minimum Gasteiger partial charge on any atom is -0.497 e. The second-order valence-corrected chi connectivity index (χ2v) is 5.68. The summed E-state index contributed by atoms with van der Waals surface area (Å²) in [5.74, 6) is 1.86. The fourth-order valence-electron chi connectivity index (χ4n) is 2.38. The molecule has 8 nitrogen and oxygen atoms in total. The first-order valence-corrected chi connectivity index (χ1v) is 8.38. The van der Waals surface area contributed by atoms with Crippen LogP contribution >= 0.6 is 24.0 Å². The van der Waals surface area contributed by atoms with Gasteiger partial charge in [0.15, 0.2) is 5.96 Å². The van der Waals surface area contributed by atoms with Crippen LogP contribution in [0, 0.1) is 0 Å². The van der Waals surface area contributed by atoms with Gasteiger partial charge in [-0.25, -0.2) is 9.98 Å². The SMILES string of the molecule is CCNC(=NCc1ccc(OC)cc1OC(F)F)N(C)Cc1ncnn1C.I. The highest BCUT2D eigenvalue weighted by molar-refractivity contribution is 14.0. The Morgan fingerprint density at radius 3 is 2.71 bits per heavy atom. The van der Waals surface area contributed by atoms with Gasteiger partial charge in [-0.15, -0.1) is 24.0 Å². The second-order valence-electron chi connectivity index (χ2n) is 5.68. The zero-order valence-electron chi connectivity index (χ0n) is 16.2. The fraction of sp³-hybridized carbons (Fsp3) is 0.471. The topological polar surface area (TPSA) is 76.8 Å². The van der Waals surface area contributed by atoms with Crippen molar-refractivity contribution in [2.45, 2.75) is 26.6 Å². The Morgan fingerprint density at radius 1 is 1.39 bits per heavy atom. The van der Waals surface area contributed by atoms with Crippen LogP contribution < -0.4 is 14.8 Å². The molecule has 0 aliphatic rings. The molecule has 0 amide bonds. The third kappa shape index (κ3) is 6.77. The summed E-state index contributed by atoms with van der Waals surface area (Å²) in [7, 11) is 5.14. The predicted molar refractivity (Wildman–Crippen MR) is 112 cm³/mol. The number of nitrogens with zero attached hydrogens (tertiary/aromatic N) is 5. The van der Waals surface area contributed by atoms with Gasteiger partial charge in [0.25, 0.3) is 0 Å². The molecule has 0 unspecified atom stereocenters. The lowest BCUT2D eigenvalue weighted by Gasteiger charge is -2.21. The summed E-state index contributed by atoms with van der Waals surface area (Å²) in [6.45, 7) is 0.338. The second kappa shape index (κ2) is 11.6. The molecule has 0 aliphatic carbocycles. The summed E-state index contributed by atoms with van der Waals surface area (Å²) in [4.78, 5) is 10.6. The van der Waals surface area contributed by atoms with E-state index in [-0.39, 0.29) is 36.3 Å². The van der Waals surface area contributed by atoms with Gasteiger partial charge in [0.1, 0.15) is 23.7 Å². The molecule has 0 spiro atoms. The fourth-order valence-corrected chi connectivity index (χ4v) is 2.38. The van der Waals surface area contributed by atoms with E-state index in [2.05, 4.69) is 25.1 Å². The van der Waals surface area contributed by atoms with Crippen molar-refractivity contribution in [3.05, 3.63) is 35.9 Å². The van der Waals surface area contributed by atoms with E-state index in [1.54, 1.807) is 16.8 Å². The number of hydrogen-bond donors (Lipinski definition) is 1. The Balaban J connectivity index is 0.00000392. The maximum Gasteiger partial charge on any atom is 0.387 e. The quantitative estimate of drug-likeness (QED) is 0.335. The largest absolute Gasteiger partial charge is 0.497 e. The van der Waals surface area contributed by atoms with Crippen LogP contribution in [0.5, 0.6) is 11.5 Å². The monoisotopic (exact) mass is 510 g/mol. The van der Waals surface area contributed by atoms with Crippen molar-refractivity contribution in [1.29, 1.82) is 0 Å². The molecule has 1 heterocycles. The van der Waals surface area contributed by atoms with Gasteiger partial charge in [-0.2, -0.15) is 13.9 Å². The molecule has 0 saturated carbocycles. The third-order valence-electron chi connectivity index (χ3n) is 3.77. The summed E-state index contributed by atoms with van der Waals surface area (Å²) in [6, 6.07) is 4.76. The molecule has 0 radical (unpaired) electrons. The molecular formula is C17H25F2IN6O2. The van der Waals surface area contributed by atoms with Crippen LogP contribution in [0.2, 0.25) is 0 Å². The van der Waals surface area contributed by atoms with Crippen molar-refractivity contribution < 1.29 is 18.3 Å². The Bertz CT molecular complexity index is 772. The minimum atomic E-state index is -2.92. The van der Waals surface area contributed by atoms with Gasteiger partial charge in [0, 0.05) is 32.3 Å². The molecule has 11 heteroatoms. The maximum atomic E-state index is 12.7. The van der Waals surface area contributed by atoms with Crippen molar-refractivity contribution in [3.8, 4) is 11.5 Å². The molecule has 2 aromatic rings. The maximum absolute atomic E-state index is 12.7.